The zero-order valence-corrected chi connectivity index (χ0v) is 14.2. The van der Waals surface area contributed by atoms with Crippen molar-refractivity contribution in [2.24, 2.45) is 0 Å². The molecule has 1 heterocycles. The highest BCUT2D eigenvalue weighted by molar-refractivity contribution is 5.76. The minimum Gasteiger partial charge on any atom is -0.493 e. The molecule has 0 aliphatic rings. The molecule has 0 aliphatic heterocycles. The number of ether oxygens (including phenoxy) is 1. The molecule has 2 aromatic carbocycles. The largest absolute Gasteiger partial charge is 0.493 e. The Bertz CT molecular complexity index is 900. The average Bonchev–Trinajstić information content (AvgIpc) is 2.59. The second-order valence-corrected chi connectivity index (χ2v) is 6.08. The van der Waals surface area contributed by atoms with Crippen LogP contribution in [-0.4, -0.2) is 16.2 Å². The van der Waals surface area contributed by atoms with Crippen LogP contribution in [0.3, 0.4) is 0 Å². The van der Waals surface area contributed by atoms with Gasteiger partial charge in [0.05, 0.1) is 23.8 Å². The lowest BCUT2D eigenvalue weighted by Crippen LogP contribution is -2.20. The van der Waals surface area contributed by atoms with Crippen LogP contribution < -0.4 is 10.3 Å². The van der Waals surface area contributed by atoms with Gasteiger partial charge < -0.3 is 4.74 Å². The molecule has 124 valence electrons. The average molecular weight is 322 g/mol. The van der Waals surface area contributed by atoms with Crippen molar-refractivity contribution in [2.45, 2.75) is 33.2 Å². The van der Waals surface area contributed by atoms with Crippen molar-refractivity contribution in [3.63, 3.8) is 0 Å². The van der Waals surface area contributed by atoms with Gasteiger partial charge in [-0.3, -0.25) is 9.36 Å². The SMILES string of the molecule is Cc1ccc(C)c(OCCCCn2cnc3ccccc3c2=O)c1. The van der Waals surface area contributed by atoms with Gasteiger partial charge in [0.15, 0.2) is 0 Å². The fourth-order valence-corrected chi connectivity index (χ4v) is 2.69. The molecule has 0 saturated heterocycles. The van der Waals surface area contributed by atoms with Crippen molar-refractivity contribution in [1.82, 2.24) is 9.55 Å². The lowest BCUT2D eigenvalue weighted by molar-refractivity contribution is 0.300. The van der Waals surface area contributed by atoms with Gasteiger partial charge in [0.1, 0.15) is 5.75 Å². The van der Waals surface area contributed by atoms with Crippen molar-refractivity contribution in [3.8, 4) is 5.75 Å². The number of rotatable bonds is 6. The third kappa shape index (κ3) is 3.65. The van der Waals surface area contributed by atoms with E-state index >= 15 is 0 Å². The Morgan fingerprint density at radius 1 is 1.08 bits per heavy atom. The molecule has 0 radical (unpaired) electrons. The molecule has 3 aromatic rings. The summed E-state index contributed by atoms with van der Waals surface area (Å²) >= 11 is 0. The molecule has 0 N–H and O–H groups in total. The predicted molar refractivity (Wildman–Crippen MR) is 96.6 cm³/mol. The number of benzene rings is 2. The Hall–Kier alpha value is -2.62. The number of unbranched alkanes of at least 4 members (excludes halogenated alkanes) is 1. The molecule has 3 rings (SSSR count). The van der Waals surface area contributed by atoms with Crippen LogP contribution in [-0.2, 0) is 6.54 Å². The third-order valence-electron chi connectivity index (χ3n) is 4.13. The van der Waals surface area contributed by atoms with E-state index in [2.05, 4.69) is 37.0 Å². The van der Waals surface area contributed by atoms with Gasteiger partial charge in [-0.2, -0.15) is 0 Å². The highest BCUT2D eigenvalue weighted by Gasteiger charge is 2.03. The fraction of sp³-hybridized carbons (Fsp3) is 0.300. The van der Waals surface area contributed by atoms with E-state index in [0.717, 1.165) is 29.7 Å². The van der Waals surface area contributed by atoms with Gasteiger partial charge >= 0.3 is 0 Å². The van der Waals surface area contributed by atoms with E-state index in [9.17, 15) is 4.79 Å². The molecule has 0 fully saturated rings. The summed E-state index contributed by atoms with van der Waals surface area (Å²) in [5.41, 5.74) is 3.12. The molecule has 0 amide bonds. The third-order valence-corrected chi connectivity index (χ3v) is 4.13. The molecule has 4 heteroatoms. The molecule has 0 spiro atoms. The highest BCUT2D eigenvalue weighted by atomic mass is 16.5. The van der Waals surface area contributed by atoms with Crippen molar-refractivity contribution in [3.05, 3.63) is 70.3 Å². The van der Waals surface area contributed by atoms with Gasteiger partial charge in [-0.05, 0) is 56.0 Å². The van der Waals surface area contributed by atoms with E-state index in [1.54, 1.807) is 10.9 Å². The first-order valence-corrected chi connectivity index (χ1v) is 8.29. The quantitative estimate of drug-likeness (QED) is 0.647. The van der Waals surface area contributed by atoms with Crippen LogP contribution >= 0.6 is 0 Å². The number of para-hydroxylation sites is 1. The molecule has 0 atom stereocenters. The Kier molecular flexibility index (Phi) is 4.94. The van der Waals surface area contributed by atoms with Crippen molar-refractivity contribution in [1.29, 1.82) is 0 Å². The van der Waals surface area contributed by atoms with Crippen molar-refractivity contribution in [2.75, 3.05) is 6.61 Å². The van der Waals surface area contributed by atoms with Crippen LogP contribution in [0.5, 0.6) is 5.75 Å². The Balaban J connectivity index is 1.54. The van der Waals surface area contributed by atoms with Crippen molar-refractivity contribution < 1.29 is 4.74 Å². The maximum atomic E-state index is 12.4. The monoisotopic (exact) mass is 322 g/mol. The van der Waals surface area contributed by atoms with Gasteiger partial charge in [-0.1, -0.05) is 24.3 Å². The normalized spacial score (nSPS) is 10.9. The van der Waals surface area contributed by atoms with Crippen LogP contribution in [0, 0.1) is 13.8 Å². The number of fused-ring (bicyclic) bond motifs is 1. The molecular weight excluding hydrogens is 300 g/mol. The zero-order chi connectivity index (χ0) is 16.9. The minimum absolute atomic E-state index is 0.0241. The number of hydrogen-bond donors (Lipinski definition) is 0. The summed E-state index contributed by atoms with van der Waals surface area (Å²) < 4.78 is 7.53. The summed E-state index contributed by atoms with van der Waals surface area (Å²) in [6.45, 7) is 5.42. The van der Waals surface area contributed by atoms with E-state index in [-0.39, 0.29) is 5.56 Å². The van der Waals surface area contributed by atoms with E-state index in [4.69, 9.17) is 4.74 Å². The van der Waals surface area contributed by atoms with Gasteiger partial charge in [0.2, 0.25) is 0 Å². The summed E-state index contributed by atoms with van der Waals surface area (Å²) in [7, 11) is 0. The van der Waals surface area contributed by atoms with Gasteiger partial charge in [0.25, 0.3) is 5.56 Å². The first-order valence-electron chi connectivity index (χ1n) is 8.29. The molecule has 0 aliphatic carbocycles. The summed E-state index contributed by atoms with van der Waals surface area (Å²) in [6, 6.07) is 13.7. The van der Waals surface area contributed by atoms with E-state index < -0.39 is 0 Å². The standard InChI is InChI=1S/C20H22N2O2/c1-15-9-10-16(2)19(13-15)24-12-6-5-11-22-14-21-18-8-4-3-7-17(18)20(22)23/h3-4,7-10,13-14H,5-6,11-12H2,1-2H3. The lowest BCUT2D eigenvalue weighted by atomic mass is 10.1. The maximum absolute atomic E-state index is 12.4. The number of aryl methyl sites for hydroxylation is 3. The van der Waals surface area contributed by atoms with Crippen LogP contribution in [0.1, 0.15) is 24.0 Å². The molecule has 0 saturated carbocycles. The molecule has 4 nitrogen and oxygen atoms in total. The minimum atomic E-state index is 0.0241. The van der Waals surface area contributed by atoms with E-state index in [1.807, 2.05) is 24.3 Å². The Morgan fingerprint density at radius 3 is 2.79 bits per heavy atom. The Morgan fingerprint density at radius 2 is 1.92 bits per heavy atom. The Labute approximate surface area is 141 Å². The first-order chi connectivity index (χ1) is 11.6. The number of nitrogens with zero attached hydrogens (tertiary/aromatic N) is 2. The molecular formula is C20H22N2O2. The van der Waals surface area contributed by atoms with Gasteiger partial charge in [-0.15, -0.1) is 0 Å². The van der Waals surface area contributed by atoms with Gasteiger partial charge in [-0.25, -0.2) is 4.98 Å². The summed E-state index contributed by atoms with van der Waals surface area (Å²) in [5.74, 6) is 0.944. The molecule has 0 bridgehead atoms. The van der Waals surface area contributed by atoms with E-state index in [1.165, 1.54) is 5.56 Å². The summed E-state index contributed by atoms with van der Waals surface area (Å²) in [6.07, 6.45) is 3.41. The lowest BCUT2D eigenvalue weighted by Gasteiger charge is -2.10. The van der Waals surface area contributed by atoms with Crippen LogP contribution in [0.25, 0.3) is 10.9 Å². The number of hydrogen-bond acceptors (Lipinski definition) is 3. The van der Waals surface area contributed by atoms with E-state index in [0.29, 0.717) is 18.5 Å². The van der Waals surface area contributed by atoms with Crippen LogP contribution in [0.2, 0.25) is 0 Å². The molecule has 24 heavy (non-hydrogen) atoms. The van der Waals surface area contributed by atoms with Crippen molar-refractivity contribution >= 4 is 10.9 Å². The summed E-state index contributed by atoms with van der Waals surface area (Å²) in [5, 5.41) is 0.673. The topological polar surface area (TPSA) is 44.1 Å². The van der Waals surface area contributed by atoms with Crippen LogP contribution in [0.15, 0.2) is 53.6 Å². The van der Waals surface area contributed by atoms with Crippen LogP contribution in [0.4, 0.5) is 0 Å². The smallest absolute Gasteiger partial charge is 0.261 e. The molecule has 1 aromatic heterocycles. The second-order valence-electron chi connectivity index (χ2n) is 6.08. The first kappa shape index (κ1) is 16.2. The number of aromatic nitrogens is 2. The predicted octanol–water partition coefficient (Wildman–Crippen LogP) is 3.87. The fourth-order valence-electron chi connectivity index (χ4n) is 2.69. The highest BCUT2D eigenvalue weighted by Crippen LogP contribution is 2.19. The second kappa shape index (κ2) is 7.30. The summed E-state index contributed by atoms with van der Waals surface area (Å²) in [4.78, 5) is 16.7. The maximum Gasteiger partial charge on any atom is 0.261 e. The van der Waals surface area contributed by atoms with Gasteiger partial charge in [0, 0.05) is 6.54 Å². The zero-order valence-electron chi connectivity index (χ0n) is 14.2. The molecule has 0 unspecified atom stereocenters.